The van der Waals surface area contributed by atoms with E-state index >= 15 is 0 Å². The molecule has 1 aliphatic heterocycles. The monoisotopic (exact) mass is 455 g/mol. The molecule has 7 nitrogen and oxygen atoms in total. The number of Topliss-reactive ketones (excluding diaryl/α,β-unsaturated/α-hetero) is 1. The molecule has 2 unspecified atom stereocenters. The van der Waals surface area contributed by atoms with Gasteiger partial charge in [-0.3, -0.25) is 19.2 Å². The maximum atomic E-state index is 13.5. The van der Waals surface area contributed by atoms with Gasteiger partial charge < -0.3 is 15.5 Å². The number of hydrogen-bond donors (Lipinski definition) is 2. The normalized spacial score (nSPS) is 16.2. The molecule has 3 rings (SSSR count). The summed E-state index contributed by atoms with van der Waals surface area (Å²) in [7, 11) is 0. The average Bonchev–Trinajstić information content (AvgIpc) is 3.23. The van der Waals surface area contributed by atoms with E-state index in [9.17, 15) is 19.2 Å². The van der Waals surface area contributed by atoms with Crippen LogP contribution in [0.3, 0.4) is 0 Å². The summed E-state index contributed by atoms with van der Waals surface area (Å²) in [6.45, 7) is 2.05. The number of carbonyl (C=O) groups excluding carboxylic acids is 4. The van der Waals surface area contributed by atoms with Crippen molar-refractivity contribution < 1.29 is 19.2 Å². The highest BCUT2D eigenvalue weighted by Gasteiger charge is 2.38. The van der Waals surface area contributed by atoms with Gasteiger partial charge in [0.15, 0.2) is 0 Å². The molecule has 0 aromatic heterocycles. The minimum absolute atomic E-state index is 0.0352. The maximum Gasteiger partial charge on any atom is 0.289 e. The van der Waals surface area contributed by atoms with E-state index in [4.69, 9.17) is 11.6 Å². The Morgan fingerprint density at radius 1 is 1.12 bits per heavy atom. The summed E-state index contributed by atoms with van der Waals surface area (Å²) in [6, 6.07) is 14.4. The van der Waals surface area contributed by atoms with Gasteiger partial charge in [-0.05, 0) is 30.5 Å². The third-order valence-electron chi connectivity index (χ3n) is 5.39. The fourth-order valence-corrected chi connectivity index (χ4v) is 3.93. The van der Waals surface area contributed by atoms with Crippen LogP contribution < -0.4 is 10.6 Å². The number of hydrogen-bond acceptors (Lipinski definition) is 4. The van der Waals surface area contributed by atoms with Crippen LogP contribution in [-0.2, 0) is 32.1 Å². The van der Waals surface area contributed by atoms with Crippen LogP contribution in [0.25, 0.3) is 0 Å². The van der Waals surface area contributed by atoms with Crippen LogP contribution in [0.1, 0.15) is 30.9 Å². The lowest BCUT2D eigenvalue weighted by molar-refractivity contribution is -0.147. The van der Waals surface area contributed by atoms with Crippen LogP contribution >= 0.6 is 11.6 Å². The van der Waals surface area contributed by atoms with Crippen molar-refractivity contribution in [2.75, 3.05) is 6.54 Å². The van der Waals surface area contributed by atoms with Gasteiger partial charge in [0.05, 0.1) is 0 Å². The summed E-state index contributed by atoms with van der Waals surface area (Å²) in [6.07, 6.45) is 0.738. The molecule has 2 aromatic rings. The molecule has 0 bridgehead atoms. The zero-order valence-electron chi connectivity index (χ0n) is 17.8. The lowest BCUT2D eigenvalue weighted by Crippen LogP contribution is -2.55. The van der Waals surface area contributed by atoms with Gasteiger partial charge >= 0.3 is 0 Å². The molecule has 2 N–H and O–H groups in total. The van der Waals surface area contributed by atoms with E-state index in [0.717, 1.165) is 5.56 Å². The van der Waals surface area contributed by atoms with E-state index in [1.165, 1.54) is 4.90 Å². The second-order valence-corrected chi connectivity index (χ2v) is 8.05. The SMILES string of the molecule is CCNC(=O)C(=O)C(Cc1ccccc1)N(Cc1ccccc1Cl)C(=O)C1CCC(=O)N1. The molecule has 1 aliphatic rings. The van der Waals surface area contributed by atoms with Crippen molar-refractivity contribution in [3.63, 3.8) is 0 Å². The molecular weight excluding hydrogens is 430 g/mol. The molecule has 0 aliphatic carbocycles. The number of amides is 3. The molecule has 0 radical (unpaired) electrons. The predicted molar refractivity (Wildman–Crippen MR) is 121 cm³/mol. The van der Waals surface area contributed by atoms with Gasteiger partial charge in [-0.15, -0.1) is 0 Å². The number of nitrogens with zero attached hydrogens (tertiary/aromatic N) is 1. The first kappa shape index (κ1) is 23.5. The van der Waals surface area contributed by atoms with Crippen molar-refractivity contribution >= 4 is 35.1 Å². The number of likely N-dealkylation sites (N-methyl/N-ethyl adjacent to an activating group) is 1. The Morgan fingerprint density at radius 2 is 1.81 bits per heavy atom. The number of benzene rings is 2. The molecular formula is C24H26ClN3O4. The van der Waals surface area contributed by atoms with Crippen molar-refractivity contribution in [1.82, 2.24) is 15.5 Å². The molecule has 1 heterocycles. The summed E-state index contributed by atoms with van der Waals surface area (Å²) < 4.78 is 0. The Balaban J connectivity index is 2.00. The Morgan fingerprint density at radius 3 is 2.44 bits per heavy atom. The topological polar surface area (TPSA) is 95.6 Å². The van der Waals surface area contributed by atoms with Gasteiger partial charge in [0.1, 0.15) is 12.1 Å². The zero-order chi connectivity index (χ0) is 23.1. The summed E-state index contributed by atoms with van der Waals surface area (Å²) in [5.74, 6) is -2.08. The number of rotatable bonds is 9. The minimum Gasteiger partial charge on any atom is -0.350 e. The Hall–Kier alpha value is -3.19. The third kappa shape index (κ3) is 5.73. The van der Waals surface area contributed by atoms with Gasteiger partial charge in [-0.1, -0.05) is 60.1 Å². The van der Waals surface area contributed by atoms with Crippen molar-refractivity contribution in [2.45, 2.75) is 44.8 Å². The van der Waals surface area contributed by atoms with E-state index in [-0.39, 0.29) is 25.3 Å². The Bertz CT molecular complexity index is 996. The minimum atomic E-state index is -1.05. The lowest BCUT2D eigenvalue weighted by Gasteiger charge is -2.33. The van der Waals surface area contributed by atoms with Crippen LogP contribution in [0.2, 0.25) is 5.02 Å². The highest BCUT2D eigenvalue weighted by atomic mass is 35.5. The summed E-state index contributed by atoms with van der Waals surface area (Å²) in [5, 5.41) is 5.66. The van der Waals surface area contributed by atoms with E-state index in [0.29, 0.717) is 23.6 Å². The van der Waals surface area contributed by atoms with Crippen LogP contribution in [0.15, 0.2) is 54.6 Å². The van der Waals surface area contributed by atoms with Gasteiger partial charge in [-0.2, -0.15) is 0 Å². The van der Waals surface area contributed by atoms with Crippen LogP contribution in [0.5, 0.6) is 0 Å². The van der Waals surface area contributed by atoms with Crippen LogP contribution in [-0.4, -0.2) is 47.0 Å². The van der Waals surface area contributed by atoms with Crippen molar-refractivity contribution in [1.29, 1.82) is 0 Å². The van der Waals surface area contributed by atoms with Crippen molar-refractivity contribution in [3.05, 3.63) is 70.7 Å². The molecule has 2 aromatic carbocycles. The largest absolute Gasteiger partial charge is 0.350 e. The van der Waals surface area contributed by atoms with Gasteiger partial charge in [0.25, 0.3) is 5.91 Å². The van der Waals surface area contributed by atoms with E-state index in [1.54, 1.807) is 31.2 Å². The summed E-state index contributed by atoms with van der Waals surface area (Å²) >= 11 is 6.34. The standard InChI is InChI=1S/C24H26ClN3O4/c1-2-26-23(31)22(30)20(14-16-8-4-3-5-9-16)28(15-17-10-6-7-11-18(17)25)24(32)19-12-13-21(29)27-19/h3-11,19-20H,2,12-15H2,1H3,(H,26,31)(H,27,29). The second kappa shape index (κ2) is 10.9. The highest BCUT2D eigenvalue weighted by molar-refractivity contribution is 6.38. The first-order chi connectivity index (χ1) is 15.4. The number of nitrogens with one attached hydrogen (secondary N) is 2. The molecule has 1 fully saturated rings. The molecule has 2 atom stereocenters. The first-order valence-corrected chi connectivity index (χ1v) is 11.0. The lowest BCUT2D eigenvalue weighted by atomic mass is 9.98. The average molecular weight is 456 g/mol. The van der Waals surface area contributed by atoms with Gasteiger partial charge in [0.2, 0.25) is 17.6 Å². The second-order valence-electron chi connectivity index (χ2n) is 7.65. The predicted octanol–water partition coefficient (Wildman–Crippen LogP) is 2.26. The molecule has 0 saturated carbocycles. The number of carbonyl (C=O) groups is 4. The quantitative estimate of drug-likeness (QED) is 0.567. The fraction of sp³-hybridized carbons (Fsp3) is 0.333. The molecule has 32 heavy (non-hydrogen) atoms. The molecule has 1 saturated heterocycles. The smallest absolute Gasteiger partial charge is 0.289 e. The van der Waals surface area contributed by atoms with Gasteiger partial charge in [-0.25, -0.2) is 0 Å². The van der Waals surface area contributed by atoms with Crippen LogP contribution in [0, 0.1) is 0 Å². The number of halogens is 1. The molecule has 168 valence electrons. The zero-order valence-corrected chi connectivity index (χ0v) is 18.6. The maximum absolute atomic E-state index is 13.5. The Labute approximate surface area is 192 Å². The van der Waals surface area contributed by atoms with E-state index in [2.05, 4.69) is 10.6 Å². The van der Waals surface area contributed by atoms with E-state index in [1.807, 2.05) is 30.3 Å². The number of ketones is 1. The first-order valence-electron chi connectivity index (χ1n) is 10.6. The fourth-order valence-electron chi connectivity index (χ4n) is 3.73. The summed E-state index contributed by atoms with van der Waals surface area (Å²) in [4.78, 5) is 52.3. The van der Waals surface area contributed by atoms with E-state index < -0.39 is 29.7 Å². The molecule has 8 heteroatoms. The van der Waals surface area contributed by atoms with Crippen LogP contribution in [0.4, 0.5) is 0 Å². The summed E-state index contributed by atoms with van der Waals surface area (Å²) in [5.41, 5.74) is 1.45. The molecule has 0 spiro atoms. The molecule has 3 amide bonds. The highest BCUT2D eigenvalue weighted by Crippen LogP contribution is 2.23. The van der Waals surface area contributed by atoms with Crippen molar-refractivity contribution in [3.8, 4) is 0 Å². The third-order valence-corrected chi connectivity index (χ3v) is 5.76. The Kier molecular flexibility index (Phi) is 8.00. The van der Waals surface area contributed by atoms with Crippen molar-refractivity contribution in [2.24, 2.45) is 0 Å². The van der Waals surface area contributed by atoms with Gasteiger partial charge in [0, 0.05) is 31.0 Å².